The molecular formula is C17H18N2O3. The third-order valence-electron chi connectivity index (χ3n) is 3.16. The largest absolute Gasteiger partial charge is 0.493 e. The van der Waals surface area contributed by atoms with Crippen LogP contribution >= 0.6 is 0 Å². The molecule has 0 spiro atoms. The lowest BCUT2D eigenvalue weighted by Gasteiger charge is -2.09. The highest BCUT2D eigenvalue weighted by Gasteiger charge is 2.10. The van der Waals surface area contributed by atoms with E-state index in [-0.39, 0.29) is 5.91 Å². The van der Waals surface area contributed by atoms with Crippen LogP contribution in [0.15, 0.2) is 53.6 Å². The second-order valence-electron chi connectivity index (χ2n) is 4.57. The van der Waals surface area contributed by atoms with Crippen LogP contribution in [0.25, 0.3) is 0 Å². The van der Waals surface area contributed by atoms with Crippen LogP contribution in [0, 0.1) is 0 Å². The van der Waals surface area contributed by atoms with E-state index in [0.29, 0.717) is 17.1 Å². The third kappa shape index (κ3) is 3.63. The first-order chi connectivity index (χ1) is 10.7. The molecule has 22 heavy (non-hydrogen) atoms. The van der Waals surface area contributed by atoms with Crippen molar-refractivity contribution in [3.05, 3.63) is 59.7 Å². The molecule has 0 atom stereocenters. The van der Waals surface area contributed by atoms with Gasteiger partial charge in [0, 0.05) is 5.56 Å². The molecule has 0 saturated carbocycles. The van der Waals surface area contributed by atoms with E-state index in [0.717, 1.165) is 11.3 Å². The van der Waals surface area contributed by atoms with Gasteiger partial charge in [-0.1, -0.05) is 30.3 Å². The van der Waals surface area contributed by atoms with Gasteiger partial charge in [-0.25, -0.2) is 5.43 Å². The fraction of sp³-hybridized carbons (Fsp3) is 0.176. The van der Waals surface area contributed by atoms with Crippen LogP contribution in [0.4, 0.5) is 0 Å². The van der Waals surface area contributed by atoms with Crippen LogP contribution < -0.4 is 14.9 Å². The van der Waals surface area contributed by atoms with Crippen molar-refractivity contribution in [2.75, 3.05) is 14.2 Å². The van der Waals surface area contributed by atoms with Crippen molar-refractivity contribution >= 4 is 11.6 Å². The number of hydrogen-bond acceptors (Lipinski definition) is 4. The molecule has 5 heteroatoms. The number of carbonyl (C=O) groups is 1. The summed E-state index contributed by atoms with van der Waals surface area (Å²) in [6, 6.07) is 14.6. The maximum absolute atomic E-state index is 12.1. The predicted octanol–water partition coefficient (Wildman–Crippen LogP) is 2.86. The van der Waals surface area contributed by atoms with Crippen LogP contribution in [0.3, 0.4) is 0 Å². The van der Waals surface area contributed by atoms with Crippen molar-refractivity contribution < 1.29 is 14.3 Å². The minimum Gasteiger partial charge on any atom is -0.493 e. The first-order valence-corrected chi connectivity index (χ1v) is 6.77. The number of hydrogen-bond donors (Lipinski definition) is 1. The Morgan fingerprint density at radius 3 is 2.27 bits per heavy atom. The van der Waals surface area contributed by atoms with Crippen molar-refractivity contribution in [2.24, 2.45) is 5.10 Å². The molecule has 1 amide bonds. The molecule has 0 bridgehead atoms. The summed E-state index contributed by atoms with van der Waals surface area (Å²) < 4.78 is 10.3. The van der Waals surface area contributed by atoms with E-state index >= 15 is 0 Å². The van der Waals surface area contributed by atoms with Gasteiger partial charge in [0.25, 0.3) is 5.91 Å². The average Bonchev–Trinajstić information content (AvgIpc) is 2.59. The zero-order chi connectivity index (χ0) is 15.9. The van der Waals surface area contributed by atoms with Gasteiger partial charge < -0.3 is 9.47 Å². The lowest BCUT2D eigenvalue weighted by atomic mass is 10.1. The summed E-state index contributed by atoms with van der Waals surface area (Å²) in [7, 11) is 3.07. The number of rotatable bonds is 5. The molecule has 1 N–H and O–H groups in total. The van der Waals surface area contributed by atoms with Gasteiger partial charge in [0.15, 0.2) is 11.5 Å². The number of hydrazone groups is 1. The summed E-state index contributed by atoms with van der Waals surface area (Å²) in [4.78, 5) is 12.1. The molecular weight excluding hydrogens is 280 g/mol. The average molecular weight is 298 g/mol. The highest BCUT2D eigenvalue weighted by Crippen LogP contribution is 2.27. The number of benzene rings is 2. The second-order valence-corrected chi connectivity index (χ2v) is 4.57. The fourth-order valence-electron chi connectivity index (χ4n) is 1.92. The highest BCUT2D eigenvalue weighted by atomic mass is 16.5. The maximum atomic E-state index is 12.1. The Morgan fingerprint density at radius 2 is 1.64 bits per heavy atom. The van der Waals surface area contributed by atoms with Crippen molar-refractivity contribution in [3.8, 4) is 11.5 Å². The Bertz CT molecular complexity index is 682. The standard InChI is InChI=1S/C17H18N2O3/c1-12(13-7-5-4-6-8-13)18-19-17(20)14-9-10-15(21-2)16(11-14)22-3/h4-11H,1-3H3,(H,19,20). The molecule has 2 rings (SSSR count). The number of carbonyl (C=O) groups excluding carboxylic acids is 1. The Kier molecular flexibility index (Phi) is 5.14. The van der Waals surface area contributed by atoms with Gasteiger partial charge in [-0.3, -0.25) is 4.79 Å². The zero-order valence-corrected chi connectivity index (χ0v) is 12.8. The minimum absolute atomic E-state index is 0.309. The van der Waals surface area contributed by atoms with Gasteiger partial charge in [-0.15, -0.1) is 0 Å². The molecule has 0 saturated heterocycles. The van der Waals surface area contributed by atoms with Crippen LogP contribution in [-0.4, -0.2) is 25.8 Å². The SMILES string of the molecule is COc1ccc(C(=O)NN=C(C)c2ccccc2)cc1OC. The molecule has 0 radical (unpaired) electrons. The van der Waals surface area contributed by atoms with E-state index in [2.05, 4.69) is 10.5 Å². The van der Waals surface area contributed by atoms with Crippen LogP contribution in [-0.2, 0) is 0 Å². The molecule has 2 aromatic rings. The van der Waals surface area contributed by atoms with E-state index in [4.69, 9.17) is 9.47 Å². The van der Waals surface area contributed by atoms with Gasteiger partial charge in [0.1, 0.15) is 0 Å². The Hall–Kier alpha value is -2.82. The lowest BCUT2D eigenvalue weighted by Crippen LogP contribution is -2.19. The highest BCUT2D eigenvalue weighted by molar-refractivity contribution is 6.00. The van der Waals surface area contributed by atoms with Crippen LogP contribution in [0.2, 0.25) is 0 Å². The summed E-state index contributed by atoms with van der Waals surface area (Å²) >= 11 is 0. The van der Waals surface area contributed by atoms with E-state index in [1.54, 1.807) is 25.3 Å². The fourth-order valence-corrected chi connectivity index (χ4v) is 1.92. The normalized spacial score (nSPS) is 11.0. The Morgan fingerprint density at radius 1 is 0.955 bits per heavy atom. The Balaban J connectivity index is 2.12. The van der Waals surface area contributed by atoms with Gasteiger partial charge in [0.2, 0.25) is 0 Å². The number of ether oxygens (including phenoxy) is 2. The van der Waals surface area contributed by atoms with Crippen LogP contribution in [0.1, 0.15) is 22.8 Å². The summed E-state index contributed by atoms with van der Waals surface area (Å²) in [5.41, 5.74) is 4.67. The van der Waals surface area contributed by atoms with Crippen molar-refractivity contribution in [1.82, 2.24) is 5.43 Å². The van der Waals surface area contributed by atoms with Crippen molar-refractivity contribution in [3.63, 3.8) is 0 Å². The number of amides is 1. The number of nitrogens with one attached hydrogen (secondary N) is 1. The van der Waals surface area contributed by atoms with Crippen molar-refractivity contribution in [2.45, 2.75) is 6.92 Å². The van der Waals surface area contributed by atoms with E-state index in [1.807, 2.05) is 37.3 Å². The summed E-state index contributed by atoms with van der Waals surface area (Å²) in [5.74, 6) is 0.762. The first kappa shape index (κ1) is 15.6. The molecule has 0 unspecified atom stereocenters. The number of methoxy groups -OCH3 is 2. The molecule has 0 fully saturated rings. The molecule has 2 aromatic carbocycles. The topological polar surface area (TPSA) is 59.9 Å². The molecule has 0 aliphatic heterocycles. The lowest BCUT2D eigenvalue weighted by molar-refractivity contribution is 0.0954. The van der Waals surface area contributed by atoms with Gasteiger partial charge >= 0.3 is 0 Å². The first-order valence-electron chi connectivity index (χ1n) is 6.77. The summed E-state index contributed by atoms with van der Waals surface area (Å²) in [5, 5.41) is 4.11. The van der Waals surface area contributed by atoms with E-state index < -0.39 is 0 Å². The molecule has 5 nitrogen and oxygen atoms in total. The third-order valence-corrected chi connectivity index (χ3v) is 3.16. The van der Waals surface area contributed by atoms with E-state index in [9.17, 15) is 4.79 Å². The smallest absolute Gasteiger partial charge is 0.271 e. The number of nitrogens with zero attached hydrogens (tertiary/aromatic N) is 1. The molecule has 0 aliphatic carbocycles. The summed E-state index contributed by atoms with van der Waals surface area (Å²) in [6.07, 6.45) is 0. The molecule has 0 aromatic heterocycles. The van der Waals surface area contributed by atoms with Gasteiger partial charge in [-0.2, -0.15) is 5.10 Å². The van der Waals surface area contributed by atoms with E-state index in [1.165, 1.54) is 7.11 Å². The minimum atomic E-state index is -0.309. The van der Waals surface area contributed by atoms with Gasteiger partial charge in [-0.05, 0) is 30.7 Å². The Labute approximate surface area is 129 Å². The van der Waals surface area contributed by atoms with Gasteiger partial charge in [0.05, 0.1) is 19.9 Å². The predicted molar refractivity (Wildman–Crippen MR) is 85.7 cm³/mol. The monoisotopic (exact) mass is 298 g/mol. The second kappa shape index (κ2) is 7.26. The molecule has 0 aliphatic rings. The summed E-state index contributed by atoms with van der Waals surface area (Å²) in [6.45, 7) is 1.84. The van der Waals surface area contributed by atoms with Crippen molar-refractivity contribution in [1.29, 1.82) is 0 Å². The maximum Gasteiger partial charge on any atom is 0.271 e. The zero-order valence-electron chi connectivity index (χ0n) is 12.8. The molecule has 114 valence electrons. The molecule has 0 heterocycles. The van der Waals surface area contributed by atoms with Crippen LogP contribution in [0.5, 0.6) is 11.5 Å². The quantitative estimate of drug-likeness (QED) is 0.682.